The molecule has 1 aliphatic heterocycles. The fraction of sp³-hybridized carbons (Fsp3) is 0.200. The molecule has 1 heterocycles. The maximum absolute atomic E-state index is 6.00. The quantitative estimate of drug-likeness (QED) is 0.639. The molecule has 0 aromatic heterocycles. The van der Waals surface area contributed by atoms with E-state index in [1.54, 1.807) is 10.7 Å². The normalized spacial score (nSPS) is 21.2. The van der Waals surface area contributed by atoms with Crippen molar-refractivity contribution in [2.24, 2.45) is 0 Å². The first-order valence-corrected chi connectivity index (χ1v) is 4.45. The highest BCUT2D eigenvalue weighted by molar-refractivity contribution is 6.14. The maximum atomic E-state index is 6.00. The van der Waals surface area contributed by atoms with Crippen LogP contribution in [0.4, 0.5) is 0 Å². The molecule has 1 aromatic carbocycles. The molecule has 1 aliphatic rings. The highest BCUT2D eigenvalue weighted by atomic mass is 35.5. The van der Waals surface area contributed by atoms with E-state index in [2.05, 4.69) is 0 Å². The number of hydrogen-bond donors (Lipinski definition) is 0. The van der Waals surface area contributed by atoms with Crippen molar-refractivity contribution in [3.63, 3.8) is 0 Å². The molecule has 0 radical (unpaired) electrons. The summed E-state index contributed by atoms with van der Waals surface area (Å²) in [5.41, 5.74) is 1.99. The van der Waals surface area contributed by atoms with Crippen molar-refractivity contribution in [3.05, 3.63) is 47.9 Å². The molecule has 1 atom stereocenters. The molecule has 0 N–H and O–H groups in total. The Bertz CT molecular complexity index is 323. The number of rotatable bonds is 1. The number of benzene rings is 1. The van der Waals surface area contributed by atoms with Gasteiger partial charge in [-0.25, -0.2) is 4.42 Å². The first-order valence-electron chi connectivity index (χ1n) is 4.11. The van der Waals surface area contributed by atoms with Gasteiger partial charge in [-0.3, -0.25) is 0 Å². The molecule has 2 rings (SSSR count). The van der Waals surface area contributed by atoms with E-state index >= 15 is 0 Å². The summed E-state index contributed by atoms with van der Waals surface area (Å²) < 4.78 is 6.99. The minimum atomic E-state index is -0.178. The molecule has 1 unspecified atom stereocenters. The van der Waals surface area contributed by atoms with Crippen LogP contribution in [0.3, 0.4) is 0 Å². The molecule has 0 bridgehead atoms. The lowest BCUT2D eigenvalue weighted by Gasteiger charge is -2.18. The number of halogens is 1. The predicted octanol–water partition coefficient (Wildman–Crippen LogP) is 3.03. The highest BCUT2D eigenvalue weighted by Crippen LogP contribution is 2.33. The molecule has 1 aromatic rings. The third-order valence-electron chi connectivity index (χ3n) is 2.00. The predicted molar refractivity (Wildman–Crippen MR) is 51.7 cm³/mol. The Morgan fingerprint density at radius 3 is 2.54 bits per heavy atom. The first kappa shape index (κ1) is 8.45. The standard InChI is InChI=1S/C10H10ClNO/c1-8-7-13-10(12(8)11)9-5-3-2-4-6-9/h2-7,10H,1H3. The zero-order chi connectivity index (χ0) is 9.26. The molecule has 0 saturated carbocycles. The van der Waals surface area contributed by atoms with Crippen LogP contribution in [-0.4, -0.2) is 4.42 Å². The maximum Gasteiger partial charge on any atom is 0.211 e. The monoisotopic (exact) mass is 195 g/mol. The summed E-state index contributed by atoms with van der Waals surface area (Å²) in [4.78, 5) is 0. The number of allylic oxidation sites excluding steroid dienone is 1. The van der Waals surface area contributed by atoms with Crippen molar-refractivity contribution in [2.45, 2.75) is 13.2 Å². The fourth-order valence-electron chi connectivity index (χ4n) is 1.28. The van der Waals surface area contributed by atoms with Gasteiger partial charge in [-0.05, 0) is 6.92 Å². The van der Waals surface area contributed by atoms with Crippen molar-refractivity contribution in [2.75, 3.05) is 0 Å². The molecule has 0 spiro atoms. The Hall–Kier alpha value is -1.15. The molecule has 0 fully saturated rings. The molecular weight excluding hydrogens is 186 g/mol. The molecular formula is C10H10ClNO. The summed E-state index contributed by atoms with van der Waals surface area (Å²) in [7, 11) is 0. The average molecular weight is 196 g/mol. The van der Waals surface area contributed by atoms with Crippen LogP contribution in [0.5, 0.6) is 0 Å². The number of ether oxygens (including phenoxy) is 1. The second-order valence-electron chi connectivity index (χ2n) is 2.97. The van der Waals surface area contributed by atoms with E-state index in [-0.39, 0.29) is 6.23 Å². The Morgan fingerprint density at radius 1 is 1.31 bits per heavy atom. The van der Waals surface area contributed by atoms with Crippen molar-refractivity contribution in [1.29, 1.82) is 0 Å². The van der Waals surface area contributed by atoms with Crippen LogP contribution >= 0.6 is 11.8 Å². The molecule has 13 heavy (non-hydrogen) atoms. The van der Waals surface area contributed by atoms with Gasteiger partial charge in [-0.15, -0.1) is 0 Å². The van der Waals surface area contributed by atoms with Gasteiger partial charge in [-0.1, -0.05) is 30.3 Å². The topological polar surface area (TPSA) is 12.5 Å². The zero-order valence-electron chi connectivity index (χ0n) is 7.27. The molecule has 68 valence electrons. The lowest BCUT2D eigenvalue weighted by atomic mass is 10.2. The Kier molecular flexibility index (Phi) is 2.15. The molecule has 0 aliphatic carbocycles. The summed E-state index contributed by atoms with van der Waals surface area (Å²) in [6.45, 7) is 1.91. The second kappa shape index (κ2) is 3.30. The Morgan fingerprint density at radius 2 is 2.00 bits per heavy atom. The van der Waals surface area contributed by atoms with Gasteiger partial charge in [0.1, 0.15) is 6.26 Å². The smallest absolute Gasteiger partial charge is 0.211 e. The van der Waals surface area contributed by atoms with E-state index in [1.807, 2.05) is 37.3 Å². The third-order valence-corrected chi connectivity index (χ3v) is 2.44. The summed E-state index contributed by atoms with van der Waals surface area (Å²) in [6, 6.07) is 9.89. The van der Waals surface area contributed by atoms with Crippen LogP contribution in [0.1, 0.15) is 18.7 Å². The van der Waals surface area contributed by atoms with E-state index in [9.17, 15) is 0 Å². The number of hydrogen-bond acceptors (Lipinski definition) is 2. The van der Waals surface area contributed by atoms with Gasteiger partial charge >= 0.3 is 0 Å². The summed E-state index contributed by atoms with van der Waals surface area (Å²) >= 11 is 6.00. The van der Waals surface area contributed by atoms with Crippen LogP contribution in [0, 0.1) is 0 Å². The summed E-state index contributed by atoms with van der Waals surface area (Å²) in [6.07, 6.45) is 1.49. The molecule has 3 heteroatoms. The second-order valence-corrected chi connectivity index (χ2v) is 3.33. The van der Waals surface area contributed by atoms with Crippen molar-refractivity contribution < 1.29 is 4.74 Å². The lowest BCUT2D eigenvalue weighted by Crippen LogP contribution is -2.12. The van der Waals surface area contributed by atoms with Crippen LogP contribution in [0.15, 0.2) is 42.3 Å². The fourth-order valence-corrected chi connectivity index (χ4v) is 1.48. The van der Waals surface area contributed by atoms with Gasteiger partial charge in [0.05, 0.1) is 5.70 Å². The SMILES string of the molecule is CC1=COC(c2ccccc2)N1Cl. The average Bonchev–Trinajstić information content (AvgIpc) is 2.49. The molecule has 2 nitrogen and oxygen atoms in total. The van der Waals surface area contributed by atoms with Gasteiger partial charge in [0.25, 0.3) is 0 Å². The van der Waals surface area contributed by atoms with Gasteiger partial charge in [0, 0.05) is 17.3 Å². The van der Waals surface area contributed by atoms with Crippen LogP contribution in [-0.2, 0) is 4.74 Å². The largest absolute Gasteiger partial charge is 0.471 e. The Labute approximate surface area is 82.5 Å². The summed E-state index contributed by atoms with van der Waals surface area (Å²) in [5.74, 6) is 0. The van der Waals surface area contributed by atoms with Gasteiger partial charge < -0.3 is 4.74 Å². The van der Waals surface area contributed by atoms with E-state index in [0.29, 0.717) is 0 Å². The van der Waals surface area contributed by atoms with Gasteiger partial charge in [0.2, 0.25) is 6.23 Å². The van der Waals surface area contributed by atoms with Crippen LogP contribution < -0.4 is 0 Å². The third kappa shape index (κ3) is 1.49. The first-order chi connectivity index (χ1) is 6.29. The van der Waals surface area contributed by atoms with Gasteiger partial charge in [-0.2, -0.15) is 0 Å². The number of nitrogens with zero attached hydrogens (tertiary/aromatic N) is 1. The zero-order valence-corrected chi connectivity index (χ0v) is 8.03. The van der Waals surface area contributed by atoms with Gasteiger partial charge in [0.15, 0.2) is 0 Å². The minimum absolute atomic E-state index is 0.178. The summed E-state index contributed by atoms with van der Waals surface area (Å²) in [5, 5.41) is 0. The van der Waals surface area contributed by atoms with E-state index in [0.717, 1.165) is 11.3 Å². The van der Waals surface area contributed by atoms with Crippen molar-refractivity contribution in [1.82, 2.24) is 4.42 Å². The highest BCUT2D eigenvalue weighted by Gasteiger charge is 2.24. The van der Waals surface area contributed by atoms with E-state index < -0.39 is 0 Å². The van der Waals surface area contributed by atoms with E-state index in [1.165, 1.54) is 0 Å². The Balaban J connectivity index is 2.22. The minimum Gasteiger partial charge on any atom is -0.471 e. The van der Waals surface area contributed by atoms with Crippen molar-refractivity contribution >= 4 is 11.8 Å². The lowest BCUT2D eigenvalue weighted by molar-refractivity contribution is 0.103. The molecule has 0 saturated heterocycles. The van der Waals surface area contributed by atoms with E-state index in [4.69, 9.17) is 16.5 Å². The van der Waals surface area contributed by atoms with Crippen LogP contribution in [0.2, 0.25) is 0 Å². The molecule has 0 amide bonds. The van der Waals surface area contributed by atoms with Crippen LogP contribution in [0.25, 0.3) is 0 Å². The van der Waals surface area contributed by atoms with Crippen molar-refractivity contribution in [3.8, 4) is 0 Å².